The van der Waals surface area contributed by atoms with E-state index in [9.17, 15) is 4.79 Å². The molecule has 0 saturated carbocycles. The lowest BCUT2D eigenvalue weighted by atomic mass is 9.96. The molecule has 178 valence electrons. The smallest absolute Gasteiger partial charge is 0.276 e. The van der Waals surface area contributed by atoms with Crippen LogP contribution in [-0.2, 0) is 17.9 Å². The molecular formula is C26H37N5O2. The summed E-state index contributed by atoms with van der Waals surface area (Å²) in [6.07, 6.45) is 8.47. The molecule has 1 amide bonds. The van der Waals surface area contributed by atoms with E-state index in [2.05, 4.69) is 64.6 Å². The largest absolute Gasteiger partial charge is 0.360 e. The highest BCUT2D eigenvalue weighted by atomic mass is 16.5. The Morgan fingerprint density at radius 2 is 2.09 bits per heavy atom. The third-order valence-electron chi connectivity index (χ3n) is 6.38. The van der Waals surface area contributed by atoms with Crippen molar-refractivity contribution in [3.05, 3.63) is 60.0 Å². The van der Waals surface area contributed by atoms with Crippen molar-refractivity contribution in [3.8, 4) is 0 Å². The number of aromatic nitrogens is 1. The second kappa shape index (κ2) is 11.8. The minimum atomic E-state index is -0.612. The molecule has 7 nitrogen and oxygen atoms in total. The van der Waals surface area contributed by atoms with E-state index in [0.29, 0.717) is 5.92 Å². The molecule has 33 heavy (non-hydrogen) atoms. The first kappa shape index (κ1) is 24.7. The first-order chi connectivity index (χ1) is 16.0. The van der Waals surface area contributed by atoms with Crippen LogP contribution in [0.3, 0.4) is 0 Å². The Labute approximate surface area is 196 Å². The number of nitrogens with one attached hydrogen (secondary N) is 2. The Bertz CT molecular complexity index is 1030. The highest BCUT2D eigenvalue weighted by molar-refractivity contribution is 5.95. The van der Waals surface area contributed by atoms with Crippen molar-refractivity contribution in [3.63, 3.8) is 0 Å². The number of carbonyl (C=O) groups is 1. The second-order valence-electron chi connectivity index (χ2n) is 8.84. The number of benzene rings is 1. The van der Waals surface area contributed by atoms with Gasteiger partial charge in [-0.2, -0.15) is 0 Å². The standard InChI is InChI=1S/C26H37N5O2/c1-5-11-31-18-23(24-8-7-19(3)14-25(24)31)16-27-15-21-9-12-30(13-10-21)20(4)28-17-22(6-2)26(32)29-33/h6-8,14,17-18,21,27,33H,2,5,9-13,15-16H2,1,3-4H3,(H,29,32)/b22-17+,28-20?. The summed E-state index contributed by atoms with van der Waals surface area (Å²) in [6, 6.07) is 6.74. The maximum atomic E-state index is 11.5. The van der Waals surface area contributed by atoms with Crippen LogP contribution in [0.15, 0.2) is 53.8 Å². The van der Waals surface area contributed by atoms with Crippen LogP contribution in [-0.4, -0.2) is 46.1 Å². The molecule has 7 heteroatoms. The van der Waals surface area contributed by atoms with Crippen LogP contribution >= 0.6 is 0 Å². The van der Waals surface area contributed by atoms with Crippen molar-refractivity contribution in [2.24, 2.45) is 10.9 Å². The number of fused-ring (bicyclic) bond motifs is 1. The number of nitrogens with zero attached hydrogens (tertiary/aromatic N) is 3. The molecule has 0 unspecified atom stereocenters. The summed E-state index contributed by atoms with van der Waals surface area (Å²) in [5.41, 5.74) is 5.84. The van der Waals surface area contributed by atoms with Gasteiger partial charge in [-0.1, -0.05) is 31.7 Å². The summed E-state index contributed by atoms with van der Waals surface area (Å²) < 4.78 is 2.39. The van der Waals surface area contributed by atoms with Crippen LogP contribution in [0.5, 0.6) is 0 Å². The quantitative estimate of drug-likeness (QED) is 0.134. The maximum absolute atomic E-state index is 11.5. The Morgan fingerprint density at radius 3 is 2.76 bits per heavy atom. The molecule has 0 spiro atoms. The van der Waals surface area contributed by atoms with Crippen LogP contribution < -0.4 is 10.8 Å². The van der Waals surface area contributed by atoms with Gasteiger partial charge in [0.25, 0.3) is 5.91 Å². The molecule has 1 fully saturated rings. The summed E-state index contributed by atoms with van der Waals surface area (Å²) in [6.45, 7) is 14.7. The van der Waals surface area contributed by atoms with Crippen LogP contribution in [0.2, 0.25) is 0 Å². The minimum absolute atomic E-state index is 0.228. The van der Waals surface area contributed by atoms with Gasteiger partial charge < -0.3 is 14.8 Å². The van der Waals surface area contributed by atoms with Gasteiger partial charge in [0.05, 0.1) is 5.57 Å². The molecule has 3 rings (SSSR count). The zero-order valence-corrected chi connectivity index (χ0v) is 20.1. The van der Waals surface area contributed by atoms with Crippen molar-refractivity contribution in [2.45, 2.75) is 53.1 Å². The summed E-state index contributed by atoms with van der Waals surface area (Å²) in [4.78, 5) is 18.1. The number of amidine groups is 1. The SMILES string of the molecule is C=C/C(=C\N=C(C)N1CCC(CNCc2cn(CCC)c3cc(C)ccc23)CC1)C(=O)NO. The van der Waals surface area contributed by atoms with Crippen molar-refractivity contribution < 1.29 is 10.0 Å². The van der Waals surface area contributed by atoms with Gasteiger partial charge in [-0.15, -0.1) is 0 Å². The average molecular weight is 452 g/mol. The molecule has 0 atom stereocenters. The lowest BCUT2D eigenvalue weighted by molar-refractivity contribution is -0.124. The molecule has 1 aromatic carbocycles. The summed E-state index contributed by atoms with van der Waals surface area (Å²) >= 11 is 0. The van der Waals surface area contributed by atoms with E-state index < -0.39 is 5.91 Å². The Kier molecular flexibility index (Phi) is 8.86. The number of amides is 1. The van der Waals surface area contributed by atoms with Crippen molar-refractivity contribution >= 4 is 22.6 Å². The fourth-order valence-corrected chi connectivity index (χ4v) is 4.43. The fourth-order valence-electron chi connectivity index (χ4n) is 4.43. The van der Waals surface area contributed by atoms with E-state index in [4.69, 9.17) is 5.21 Å². The number of hydrogen-bond donors (Lipinski definition) is 3. The molecule has 1 aromatic heterocycles. The van der Waals surface area contributed by atoms with Crippen molar-refractivity contribution in [2.75, 3.05) is 19.6 Å². The van der Waals surface area contributed by atoms with Gasteiger partial charge >= 0.3 is 0 Å². The number of aliphatic imine (C=N–C) groups is 1. The molecule has 3 N–H and O–H groups in total. The Hall–Kier alpha value is -2.90. The summed E-state index contributed by atoms with van der Waals surface area (Å²) in [7, 11) is 0. The number of likely N-dealkylation sites (tertiary alicyclic amines) is 1. The first-order valence-electron chi connectivity index (χ1n) is 11.8. The zero-order valence-electron chi connectivity index (χ0n) is 20.1. The second-order valence-corrected chi connectivity index (χ2v) is 8.84. The van der Waals surface area contributed by atoms with E-state index in [1.54, 1.807) is 5.48 Å². The van der Waals surface area contributed by atoms with Crippen LogP contribution in [0.4, 0.5) is 0 Å². The van der Waals surface area contributed by atoms with Crippen LogP contribution in [0.25, 0.3) is 10.9 Å². The highest BCUT2D eigenvalue weighted by Crippen LogP contribution is 2.24. The van der Waals surface area contributed by atoms with E-state index in [1.807, 2.05) is 6.92 Å². The number of hydroxylamine groups is 1. The van der Waals surface area contributed by atoms with Gasteiger partial charge in [0.15, 0.2) is 0 Å². The van der Waals surface area contributed by atoms with E-state index in [-0.39, 0.29) is 5.57 Å². The minimum Gasteiger partial charge on any atom is -0.360 e. The molecule has 2 aromatic rings. The third-order valence-corrected chi connectivity index (χ3v) is 6.38. The van der Waals surface area contributed by atoms with Gasteiger partial charge in [0, 0.05) is 49.5 Å². The lowest BCUT2D eigenvalue weighted by Gasteiger charge is -2.33. The van der Waals surface area contributed by atoms with Gasteiger partial charge in [0.2, 0.25) is 0 Å². The summed E-state index contributed by atoms with van der Waals surface area (Å²) in [5, 5.41) is 13.8. The fraction of sp³-hybridized carbons (Fsp3) is 0.462. The van der Waals surface area contributed by atoms with Gasteiger partial charge in [-0.05, 0) is 62.8 Å². The third kappa shape index (κ3) is 6.33. The van der Waals surface area contributed by atoms with E-state index in [0.717, 1.165) is 57.8 Å². The molecule has 1 saturated heterocycles. The number of aryl methyl sites for hydroxylation is 2. The molecule has 2 heterocycles. The predicted octanol–water partition coefficient (Wildman–Crippen LogP) is 4.16. The highest BCUT2D eigenvalue weighted by Gasteiger charge is 2.20. The van der Waals surface area contributed by atoms with Crippen LogP contribution in [0.1, 0.15) is 44.2 Å². The van der Waals surface area contributed by atoms with E-state index in [1.165, 1.54) is 34.3 Å². The molecule has 1 aliphatic heterocycles. The molecular weight excluding hydrogens is 414 g/mol. The summed E-state index contributed by atoms with van der Waals surface area (Å²) in [5.74, 6) is 0.893. The van der Waals surface area contributed by atoms with Crippen molar-refractivity contribution in [1.82, 2.24) is 20.3 Å². The Balaban J connectivity index is 1.51. The predicted molar refractivity (Wildman–Crippen MR) is 134 cm³/mol. The van der Waals surface area contributed by atoms with Gasteiger partial charge in [-0.25, -0.2) is 10.5 Å². The zero-order chi connectivity index (χ0) is 23.8. The molecule has 0 bridgehead atoms. The monoisotopic (exact) mass is 451 g/mol. The normalized spacial score (nSPS) is 15.8. The Morgan fingerprint density at radius 1 is 1.33 bits per heavy atom. The number of hydrogen-bond acceptors (Lipinski definition) is 4. The first-order valence-corrected chi connectivity index (χ1v) is 11.8. The van der Waals surface area contributed by atoms with Gasteiger partial charge in [-0.3, -0.25) is 10.0 Å². The van der Waals surface area contributed by atoms with Crippen LogP contribution in [0, 0.1) is 12.8 Å². The van der Waals surface area contributed by atoms with Gasteiger partial charge in [0.1, 0.15) is 5.84 Å². The molecule has 1 aliphatic rings. The number of rotatable bonds is 9. The number of carbonyl (C=O) groups excluding carboxylic acids is 1. The average Bonchev–Trinajstić information content (AvgIpc) is 3.16. The number of piperidine rings is 1. The molecule has 0 radical (unpaired) electrons. The van der Waals surface area contributed by atoms with E-state index >= 15 is 0 Å². The topological polar surface area (TPSA) is 81.9 Å². The molecule has 0 aliphatic carbocycles. The van der Waals surface area contributed by atoms with Crippen molar-refractivity contribution in [1.29, 1.82) is 0 Å². The maximum Gasteiger partial charge on any atom is 0.276 e. The lowest BCUT2D eigenvalue weighted by Crippen LogP contribution is -2.39.